The lowest BCUT2D eigenvalue weighted by Gasteiger charge is -2.50. The van der Waals surface area contributed by atoms with E-state index in [4.69, 9.17) is 5.73 Å². The number of hydrogen-bond acceptors (Lipinski definition) is 11. The number of likely N-dealkylation sites (N-methyl/N-ethyl adjacent to an activating group) is 1. The number of thiazole rings is 1. The van der Waals surface area contributed by atoms with Crippen molar-refractivity contribution >= 4 is 39.6 Å². The highest BCUT2D eigenvalue weighted by atomic mass is 32.1. The van der Waals surface area contributed by atoms with Crippen molar-refractivity contribution in [2.45, 2.75) is 24.5 Å². The van der Waals surface area contributed by atoms with Crippen LogP contribution >= 0.6 is 11.3 Å². The Morgan fingerprint density at radius 3 is 2.49 bits per heavy atom. The first kappa shape index (κ1) is 28.5. The van der Waals surface area contributed by atoms with E-state index in [1.54, 1.807) is 43.7 Å². The number of benzene rings is 2. The summed E-state index contributed by atoms with van der Waals surface area (Å²) in [6.45, 7) is 0. The quantitative estimate of drug-likeness (QED) is 0.186. The van der Waals surface area contributed by atoms with Gasteiger partial charge in [0.05, 0.1) is 23.0 Å². The summed E-state index contributed by atoms with van der Waals surface area (Å²) in [5, 5.41) is 50.3. The first-order valence-electron chi connectivity index (χ1n) is 13.3. The summed E-state index contributed by atoms with van der Waals surface area (Å²) in [5.74, 6) is -7.42. The number of allylic oxidation sites excluding steroid dienone is 1. The molecule has 0 fully saturated rings. The molecule has 7 N–H and O–H groups in total. The Bertz CT molecular complexity index is 1780. The standard InChI is InChI=1S/C30H27FN4O7S/c1-35(2)22-16-10-14-9-13-5-8-17(33-29-34-18(11-43-29)12-3-6-15(31)7-4-12)23(36)19(13)24(37)20(14)26(39)30(16,42)27(40)21(25(22)38)28(32)41/h3-8,11,14,16,22,36,38-39,42H,9-10H2,1-2H3,(H2,32,41)(H,33,34)/t14-,16+,22+,30-/m0/s1. The summed E-state index contributed by atoms with van der Waals surface area (Å²) in [4.78, 5) is 45.4. The molecule has 0 bridgehead atoms. The molecule has 4 atom stereocenters. The van der Waals surface area contributed by atoms with E-state index in [-0.39, 0.29) is 35.5 Å². The number of aliphatic hydroxyl groups excluding tert-OH is 2. The van der Waals surface area contributed by atoms with E-state index in [2.05, 4.69) is 10.3 Å². The van der Waals surface area contributed by atoms with E-state index in [9.17, 15) is 39.2 Å². The number of aromatic nitrogens is 1. The summed E-state index contributed by atoms with van der Waals surface area (Å²) < 4.78 is 13.3. The lowest BCUT2D eigenvalue weighted by atomic mass is 9.58. The van der Waals surface area contributed by atoms with Crippen molar-refractivity contribution in [3.05, 3.63) is 81.4 Å². The molecule has 11 nitrogen and oxygen atoms in total. The first-order chi connectivity index (χ1) is 20.3. The Morgan fingerprint density at radius 2 is 1.84 bits per heavy atom. The third kappa shape index (κ3) is 4.22. The van der Waals surface area contributed by atoms with Gasteiger partial charge in [0.2, 0.25) is 5.78 Å². The van der Waals surface area contributed by atoms with Gasteiger partial charge in [-0.3, -0.25) is 19.3 Å². The second-order valence-electron chi connectivity index (χ2n) is 11.1. The molecule has 1 aromatic heterocycles. The van der Waals surface area contributed by atoms with Gasteiger partial charge in [-0.05, 0) is 68.8 Å². The molecule has 13 heteroatoms. The summed E-state index contributed by atoms with van der Waals surface area (Å²) >= 11 is 1.23. The maximum Gasteiger partial charge on any atom is 0.255 e. The second-order valence-corrected chi connectivity index (χ2v) is 12.0. The van der Waals surface area contributed by atoms with E-state index >= 15 is 0 Å². The predicted molar refractivity (Wildman–Crippen MR) is 154 cm³/mol. The fraction of sp³-hybridized carbons (Fsp3) is 0.267. The first-order valence-corrected chi connectivity index (χ1v) is 14.2. The lowest BCUT2D eigenvalue weighted by Crippen LogP contribution is -2.63. The zero-order chi connectivity index (χ0) is 31.0. The largest absolute Gasteiger partial charge is 0.510 e. The van der Waals surface area contributed by atoms with Crippen molar-refractivity contribution in [2.24, 2.45) is 17.6 Å². The maximum atomic E-state index is 13.9. The van der Waals surface area contributed by atoms with E-state index < -0.39 is 63.8 Å². The van der Waals surface area contributed by atoms with E-state index in [1.165, 1.54) is 28.4 Å². The molecule has 43 heavy (non-hydrogen) atoms. The average molecular weight is 607 g/mol. The number of primary amides is 1. The zero-order valence-electron chi connectivity index (χ0n) is 23.0. The monoisotopic (exact) mass is 606 g/mol. The number of aromatic hydroxyl groups is 1. The average Bonchev–Trinajstić information content (AvgIpc) is 3.41. The number of carbonyl (C=O) groups is 3. The van der Waals surface area contributed by atoms with Crippen LogP contribution in [0, 0.1) is 17.7 Å². The van der Waals surface area contributed by atoms with Crippen molar-refractivity contribution in [1.82, 2.24) is 9.88 Å². The van der Waals surface area contributed by atoms with Gasteiger partial charge < -0.3 is 31.5 Å². The van der Waals surface area contributed by atoms with Crippen molar-refractivity contribution in [1.29, 1.82) is 0 Å². The highest BCUT2D eigenvalue weighted by Crippen LogP contribution is 2.52. The number of nitrogens with zero attached hydrogens (tertiary/aromatic N) is 2. The highest BCUT2D eigenvalue weighted by Gasteiger charge is 2.63. The van der Waals surface area contributed by atoms with Gasteiger partial charge in [0.1, 0.15) is 22.9 Å². The van der Waals surface area contributed by atoms with Gasteiger partial charge in [-0.2, -0.15) is 0 Å². The molecule has 0 saturated carbocycles. The molecule has 222 valence electrons. The minimum absolute atomic E-state index is 0.0117. The van der Waals surface area contributed by atoms with Crippen molar-refractivity contribution in [2.75, 3.05) is 19.4 Å². The van der Waals surface area contributed by atoms with Crippen LogP contribution in [-0.4, -0.2) is 73.5 Å². The van der Waals surface area contributed by atoms with E-state index in [1.807, 2.05) is 0 Å². The number of amides is 1. The van der Waals surface area contributed by atoms with Crippen LogP contribution in [-0.2, 0) is 16.0 Å². The molecule has 3 aliphatic carbocycles. The number of Topliss-reactive ketones (excluding diaryl/α,β-unsaturated/α-hetero) is 2. The van der Waals surface area contributed by atoms with Crippen LogP contribution in [0.15, 0.2) is 64.4 Å². The smallest absolute Gasteiger partial charge is 0.255 e. The molecule has 0 saturated heterocycles. The van der Waals surface area contributed by atoms with Crippen molar-refractivity contribution in [3.63, 3.8) is 0 Å². The van der Waals surface area contributed by atoms with Gasteiger partial charge in [0, 0.05) is 22.4 Å². The Balaban J connectivity index is 1.38. The Kier molecular flexibility index (Phi) is 6.64. The van der Waals surface area contributed by atoms with Gasteiger partial charge in [0.25, 0.3) is 5.91 Å². The number of carbonyl (C=O) groups excluding carboxylic acids is 3. The van der Waals surface area contributed by atoms with E-state index in [0.717, 1.165) is 0 Å². The third-order valence-electron chi connectivity index (χ3n) is 8.48. The molecule has 0 aliphatic heterocycles. The molecule has 6 rings (SSSR count). The molecule has 0 spiro atoms. The van der Waals surface area contributed by atoms with Crippen LogP contribution < -0.4 is 11.1 Å². The third-order valence-corrected chi connectivity index (χ3v) is 9.24. The van der Waals surface area contributed by atoms with Crippen molar-refractivity contribution < 1.29 is 39.2 Å². The molecule has 2 aromatic carbocycles. The molecule has 1 heterocycles. The van der Waals surface area contributed by atoms with Crippen LogP contribution in [0.2, 0.25) is 0 Å². The minimum atomic E-state index is -2.70. The number of nitrogens with one attached hydrogen (secondary N) is 1. The molecule has 1 amide bonds. The fourth-order valence-electron chi connectivity index (χ4n) is 6.53. The lowest BCUT2D eigenvalue weighted by molar-refractivity contribution is -0.148. The number of rotatable bonds is 5. The molecule has 0 radical (unpaired) electrons. The topological polar surface area (TPSA) is 186 Å². The summed E-state index contributed by atoms with van der Waals surface area (Å²) in [6.07, 6.45) is 0.201. The van der Waals surface area contributed by atoms with Gasteiger partial charge in [-0.15, -0.1) is 11.3 Å². The molecular formula is C30H27FN4O7S. The van der Waals surface area contributed by atoms with Crippen LogP contribution in [0.25, 0.3) is 11.3 Å². The summed E-state index contributed by atoms with van der Waals surface area (Å²) in [6, 6.07) is 8.01. The van der Waals surface area contributed by atoms with Gasteiger partial charge in [-0.1, -0.05) is 6.07 Å². The van der Waals surface area contributed by atoms with Crippen LogP contribution in [0.5, 0.6) is 5.75 Å². The molecule has 0 unspecified atom stereocenters. The molecular weight excluding hydrogens is 579 g/mol. The number of nitrogens with two attached hydrogens (primary N) is 1. The number of halogens is 1. The Morgan fingerprint density at radius 1 is 1.14 bits per heavy atom. The second kappa shape index (κ2) is 10.0. The number of ketones is 2. The molecule has 3 aromatic rings. The summed E-state index contributed by atoms with van der Waals surface area (Å²) in [5.41, 5.74) is 3.38. The molecule has 3 aliphatic rings. The van der Waals surface area contributed by atoms with Crippen LogP contribution in [0.3, 0.4) is 0 Å². The van der Waals surface area contributed by atoms with Gasteiger partial charge in [-0.25, -0.2) is 9.37 Å². The van der Waals surface area contributed by atoms with Crippen molar-refractivity contribution in [3.8, 4) is 17.0 Å². The fourth-order valence-corrected chi connectivity index (χ4v) is 7.26. The number of aliphatic hydroxyl groups is 3. The Labute approximate surface area is 248 Å². The predicted octanol–water partition coefficient (Wildman–Crippen LogP) is 3.13. The van der Waals surface area contributed by atoms with Gasteiger partial charge in [0.15, 0.2) is 22.3 Å². The number of hydrogen-bond donors (Lipinski definition) is 6. The SMILES string of the molecule is CN(C)[C@H]1C(O)=C(C(N)=O)C(=O)[C@@]2(O)C(O)=C3C(=O)c4c(ccc(Nc5nc(-c6ccc(F)cc6)cs5)c4O)C[C@H]3C[C@H]12. The minimum Gasteiger partial charge on any atom is -0.510 e. The normalized spacial score (nSPS) is 25.0. The van der Waals surface area contributed by atoms with Crippen LogP contribution in [0.1, 0.15) is 22.3 Å². The number of phenolic OH excluding ortho intramolecular Hbond substituents is 1. The zero-order valence-corrected chi connectivity index (χ0v) is 23.8. The maximum absolute atomic E-state index is 13.9. The number of fused-ring (bicyclic) bond motifs is 3. The van der Waals surface area contributed by atoms with E-state index in [0.29, 0.717) is 22.0 Å². The Hall–Kier alpha value is -4.59. The number of phenols is 1. The highest BCUT2D eigenvalue weighted by molar-refractivity contribution is 7.14. The summed E-state index contributed by atoms with van der Waals surface area (Å²) in [7, 11) is 3.15. The number of anilines is 2. The van der Waals surface area contributed by atoms with Gasteiger partial charge >= 0.3 is 0 Å². The van der Waals surface area contributed by atoms with Crippen LogP contribution in [0.4, 0.5) is 15.2 Å².